The molecule has 0 bridgehead atoms. The number of rotatable bonds is 24. The minimum absolute atomic E-state index is 0.124. The fourth-order valence-corrected chi connectivity index (χ4v) is 11.1. The zero-order chi connectivity index (χ0) is 84.8. The van der Waals surface area contributed by atoms with Crippen LogP contribution in [0, 0.1) is 3.57 Å². The van der Waals surface area contributed by atoms with Gasteiger partial charge in [-0.2, -0.15) is 13.2 Å². The number of esters is 6. The summed E-state index contributed by atoms with van der Waals surface area (Å²) >= 11 is 18.7. The normalized spacial score (nSPS) is 13.0. The molecule has 1 saturated carbocycles. The molecule has 606 valence electrons. The molecule has 2 atom stereocenters. The Hall–Kier alpha value is -9.67. The molecule has 1 aliphatic heterocycles. The second-order valence-electron chi connectivity index (χ2n) is 27.5. The van der Waals surface area contributed by atoms with E-state index in [0.717, 1.165) is 99.8 Å². The number of hydrogen-bond donors (Lipinski definition) is 0. The monoisotopic (exact) mass is 1720 g/mol. The molecule has 7 aromatic carbocycles. The summed E-state index contributed by atoms with van der Waals surface area (Å²) in [5.41, 5.74) is 4.83. The van der Waals surface area contributed by atoms with Crippen LogP contribution in [0.2, 0.25) is 0 Å². The number of carbonyl (C=O) groups is 6. The van der Waals surface area contributed by atoms with Crippen molar-refractivity contribution in [1.82, 2.24) is 0 Å². The Bertz CT molecular complexity index is 4230. The third kappa shape index (κ3) is 35.9. The fraction of sp³-hybridized carbons (Fsp3) is 0.319. The summed E-state index contributed by atoms with van der Waals surface area (Å²) in [5.74, 6) is -1.18. The second kappa shape index (κ2) is 47.8. The second-order valence-corrected chi connectivity index (χ2v) is 31.0. The molecule has 0 N–H and O–H groups in total. The lowest BCUT2D eigenvalue weighted by atomic mass is 9.90. The molecule has 15 nitrogen and oxygen atoms in total. The van der Waals surface area contributed by atoms with Crippen LogP contribution in [-0.2, 0) is 93.8 Å². The van der Waals surface area contributed by atoms with Crippen molar-refractivity contribution in [1.29, 1.82) is 0 Å². The Morgan fingerprint density at radius 3 is 1.33 bits per heavy atom. The van der Waals surface area contributed by atoms with Crippen LogP contribution in [-0.4, -0.2) is 58.2 Å². The molecule has 2 unspecified atom stereocenters. The molecule has 1 aliphatic carbocycles. The molecule has 0 radical (unpaired) electrons. The summed E-state index contributed by atoms with van der Waals surface area (Å²) in [6, 6.07) is 58.9. The van der Waals surface area contributed by atoms with Gasteiger partial charge in [0.05, 0.1) is 5.57 Å². The van der Waals surface area contributed by atoms with Crippen molar-refractivity contribution in [2.75, 3.05) is 6.79 Å². The number of ether oxygens (including phenoxy) is 9. The molecule has 22 heteroatoms. The predicted molar refractivity (Wildman–Crippen MR) is 451 cm³/mol. The molecule has 0 aromatic heterocycles. The minimum Gasteiger partial charge on any atom is -0.488 e. The van der Waals surface area contributed by atoms with E-state index in [1.807, 2.05) is 198 Å². The zero-order valence-electron chi connectivity index (χ0n) is 66.2. The van der Waals surface area contributed by atoms with Crippen LogP contribution in [0.4, 0.5) is 13.2 Å². The Kier molecular flexibility index (Phi) is 41.2. The predicted octanol–water partition coefficient (Wildman–Crippen LogP) is 23.9. The van der Waals surface area contributed by atoms with Gasteiger partial charge in [0.25, 0.3) is 0 Å². The van der Waals surface area contributed by atoms with Crippen molar-refractivity contribution in [3.05, 3.63) is 310 Å². The number of carbonyl (C=O) groups excluding carboxylic acids is 6. The SMILES string of the molecule is C=C(C(=O)OCc1ccccc1)C(Cl)(Cl)Cl.C=C(C(=O)OCc1ccccc1)C(F)(F)F.C=C(C)C(=O)OC(C)(CCC)c1ccc2c(c1)OCO2.C=C(C)C(=O)OC(C)(CCC)c1ccccc1.C=C(C)C(=O)OC1(c2ccccc2)CCCC1.C=C(C)C(=O)OCc1cccc(I)c1.C=Cc1ccc(OC(C)(C)C)cc1. The summed E-state index contributed by atoms with van der Waals surface area (Å²) in [5, 5.41) is 0. The smallest absolute Gasteiger partial charge is 0.422 e. The average molecular weight is 1730 g/mol. The highest BCUT2D eigenvalue weighted by molar-refractivity contribution is 14.1. The zero-order valence-corrected chi connectivity index (χ0v) is 70.6. The largest absolute Gasteiger partial charge is 0.488 e. The van der Waals surface area contributed by atoms with Gasteiger partial charge >= 0.3 is 42.0 Å². The minimum atomic E-state index is -4.74. The van der Waals surface area contributed by atoms with Crippen molar-refractivity contribution in [2.45, 2.75) is 180 Å². The van der Waals surface area contributed by atoms with Gasteiger partial charge in [-0.1, -0.05) is 265 Å². The van der Waals surface area contributed by atoms with Gasteiger partial charge in [0.15, 0.2) is 11.5 Å². The van der Waals surface area contributed by atoms with Crippen LogP contribution in [0.3, 0.4) is 0 Å². The topological polar surface area (TPSA) is 185 Å². The number of halogens is 7. The van der Waals surface area contributed by atoms with Crippen LogP contribution >= 0.6 is 57.4 Å². The van der Waals surface area contributed by atoms with Crippen LogP contribution in [0.5, 0.6) is 17.2 Å². The molecule has 0 amide bonds. The van der Waals surface area contributed by atoms with Crippen LogP contribution in [0.25, 0.3) is 6.08 Å². The van der Waals surface area contributed by atoms with Gasteiger partial charge < -0.3 is 42.6 Å². The van der Waals surface area contributed by atoms with Gasteiger partial charge in [0.1, 0.15) is 53.5 Å². The highest BCUT2D eigenvalue weighted by atomic mass is 127. The number of alkyl halides is 6. The van der Waals surface area contributed by atoms with Gasteiger partial charge in [-0.15, -0.1) is 0 Å². The van der Waals surface area contributed by atoms with Gasteiger partial charge in [-0.3, -0.25) is 0 Å². The highest BCUT2D eigenvalue weighted by Crippen LogP contribution is 2.43. The Morgan fingerprint density at radius 1 is 0.487 bits per heavy atom. The van der Waals surface area contributed by atoms with E-state index in [4.69, 9.17) is 72.7 Å². The van der Waals surface area contributed by atoms with E-state index in [-0.39, 0.29) is 55.1 Å². The maximum Gasteiger partial charge on any atom is 0.422 e. The molecule has 1 fully saturated rings. The summed E-state index contributed by atoms with van der Waals surface area (Å²) in [7, 11) is 0. The number of benzene rings is 7. The fourth-order valence-electron chi connectivity index (χ4n) is 10.2. The molecular weight excluding hydrogens is 1620 g/mol. The van der Waals surface area contributed by atoms with E-state index in [9.17, 15) is 41.9 Å². The van der Waals surface area contributed by atoms with E-state index < -0.39 is 44.3 Å². The Balaban J connectivity index is 0.000000343. The molecule has 9 rings (SSSR count). The number of fused-ring (bicyclic) bond motifs is 1. The summed E-state index contributed by atoms with van der Waals surface area (Å²) in [6.07, 6.45) is 4.50. The first-order chi connectivity index (χ1) is 53.0. The van der Waals surface area contributed by atoms with E-state index in [1.165, 1.54) is 0 Å². The molecule has 0 spiro atoms. The average Bonchev–Trinajstić information content (AvgIpc) is 1.79. The standard InChI is InChI=1S/C16H20O4.C15H18O2.C15H20O2.C12H16O.C11H9Cl3O2.C11H9F3O2.C11H11IO2/c1-5-8-16(4,20-15(17)11(2)3)12-6-7-13-14(9-12)19-10-18-13;1-12(2)14(16)17-15(10-6-7-11-15)13-8-4-3-5-9-13;1-5-11-15(4,17-14(16)12(2)3)13-9-7-6-8-10-13;1-5-10-6-8-11(9-7-10)13-12(2,3)4;2*1-8(11(12,13)14)10(15)16-7-9-5-3-2-4-6-9;1-8(2)11(13)14-7-9-4-3-5-10(12)6-9/h6-7,9H,2,5,8,10H2,1,3-4H3;3-5,8-9H,1,6-7,10-11H2,2H3;6-10H,2,5,11H2,1,3-4H3;5-9H,1H2,2-4H3;2*2-6H,1,7H2;3-6H,1,7H2,2H3. The molecule has 113 heavy (non-hydrogen) atoms. The van der Waals surface area contributed by atoms with Crippen molar-refractivity contribution in [3.8, 4) is 17.2 Å². The summed E-state index contributed by atoms with van der Waals surface area (Å²) < 4.78 is 83.1. The molecule has 1 heterocycles. The van der Waals surface area contributed by atoms with E-state index in [2.05, 4.69) is 87.2 Å². The van der Waals surface area contributed by atoms with Crippen molar-refractivity contribution < 1.29 is 84.6 Å². The first-order valence-corrected chi connectivity index (χ1v) is 38.3. The van der Waals surface area contributed by atoms with Crippen LogP contribution in [0.1, 0.15) is 166 Å². The summed E-state index contributed by atoms with van der Waals surface area (Å²) in [6.45, 7) is 45.3. The van der Waals surface area contributed by atoms with Crippen molar-refractivity contribution >= 4 is 99.3 Å². The number of hydrogen-bond acceptors (Lipinski definition) is 15. The van der Waals surface area contributed by atoms with E-state index >= 15 is 0 Å². The van der Waals surface area contributed by atoms with Gasteiger partial charge in [0, 0.05) is 25.9 Å². The van der Waals surface area contributed by atoms with E-state index in [0.29, 0.717) is 40.2 Å². The third-order valence-corrected chi connectivity index (χ3v) is 17.6. The van der Waals surface area contributed by atoms with Gasteiger partial charge in [-0.05, 0) is 199 Å². The van der Waals surface area contributed by atoms with E-state index in [1.54, 1.807) is 58.0 Å². The maximum absolute atomic E-state index is 12.0. The lowest BCUT2D eigenvalue weighted by molar-refractivity contribution is -0.156. The Labute approximate surface area is 693 Å². The molecular formula is C91H103Cl3F3IO15. The van der Waals surface area contributed by atoms with Crippen molar-refractivity contribution in [3.63, 3.8) is 0 Å². The Morgan fingerprint density at radius 2 is 0.903 bits per heavy atom. The van der Waals surface area contributed by atoms with Gasteiger partial charge in [0.2, 0.25) is 10.6 Å². The summed E-state index contributed by atoms with van der Waals surface area (Å²) in [4.78, 5) is 68.7. The van der Waals surface area contributed by atoms with Crippen molar-refractivity contribution in [2.24, 2.45) is 0 Å². The quantitative estimate of drug-likeness (QED) is 0.0183. The maximum atomic E-state index is 12.0. The lowest BCUT2D eigenvalue weighted by Crippen LogP contribution is -2.29. The first-order valence-electron chi connectivity index (χ1n) is 36.1. The molecule has 0 saturated heterocycles. The van der Waals surface area contributed by atoms with Crippen LogP contribution in [0.15, 0.2) is 268 Å². The first kappa shape index (κ1) is 97.5. The van der Waals surface area contributed by atoms with Crippen LogP contribution < -0.4 is 14.2 Å². The molecule has 2 aliphatic rings. The molecule has 7 aromatic rings. The highest BCUT2D eigenvalue weighted by Gasteiger charge is 2.40. The lowest BCUT2D eigenvalue weighted by Gasteiger charge is -2.30. The van der Waals surface area contributed by atoms with Gasteiger partial charge in [-0.25, -0.2) is 28.8 Å². The third-order valence-electron chi connectivity index (χ3n) is 16.3.